The minimum atomic E-state index is 0.209. The lowest BCUT2D eigenvalue weighted by Crippen LogP contribution is -2.21. The van der Waals surface area contributed by atoms with E-state index in [1.807, 2.05) is 18.7 Å². The van der Waals surface area contributed by atoms with E-state index in [1.165, 1.54) is 5.69 Å². The maximum Gasteiger partial charge on any atom is 0.122 e. The zero-order valence-electron chi connectivity index (χ0n) is 10.5. The van der Waals surface area contributed by atoms with Crippen molar-refractivity contribution in [1.82, 2.24) is 24.8 Å². The van der Waals surface area contributed by atoms with Crippen LogP contribution in [0.25, 0.3) is 0 Å². The molecule has 0 saturated heterocycles. The lowest BCUT2D eigenvalue weighted by molar-refractivity contribution is 0.507. The number of nitrogens with one attached hydrogen (secondary N) is 2. The van der Waals surface area contributed by atoms with Crippen LogP contribution < -0.4 is 5.32 Å². The zero-order valence-corrected chi connectivity index (χ0v) is 10.5. The molecule has 0 aliphatic rings. The molecule has 0 aromatic carbocycles. The largest absolute Gasteiger partial charge is 0.347 e. The third-order valence-electron chi connectivity index (χ3n) is 2.82. The van der Waals surface area contributed by atoms with Gasteiger partial charge in [-0.05, 0) is 20.8 Å². The third kappa shape index (κ3) is 2.74. The van der Waals surface area contributed by atoms with E-state index in [4.69, 9.17) is 0 Å². The molecule has 0 saturated carbocycles. The Labute approximate surface area is 101 Å². The molecule has 2 aromatic heterocycles. The van der Waals surface area contributed by atoms with Gasteiger partial charge in [-0.15, -0.1) is 0 Å². The second-order valence-corrected chi connectivity index (χ2v) is 4.46. The molecule has 0 bridgehead atoms. The van der Waals surface area contributed by atoms with Crippen molar-refractivity contribution in [1.29, 1.82) is 0 Å². The van der Waals surface area contributed by atoms with Gasteiger partial charge in [0.2, 0.25) is 0 Å². The highest BCUT2D eigenvalue weighted by molar-refractivity contribution is 5.01. The number of rotatable bonds is 5. The fraction of sp³-hybridized carbons (Fsp3) is 0.500. The van der Waals surface area contributed by atoms with Gasteiger partial charge in [0.1, 0.15) is 5.82 Å². The van der Waals surface area contributed by atoms with E-state index in [0.717, 1.165) is 12.4 Å². The number of H-pyrrole nitrogens is 1. The minimum absolute atomic E-state index is 0.209. The van der Waals surface area contributed by atoms with Crippen molar-refractivity contribution in [2.45, 2.75) is 39.4 Å². The van der Waals surface area contributed by atoms with Crippen molar-refractivity contribution >= 4 is 0 Å². The van der Waals surface area contributed by atoms with Crippen molar-refractivity contribution in [3.8, 4) is 0 Å². The van der Waals surface area contributed by atoms with E-state index < -0.39 is 0 Å². The van der Waals surface area contributed by atoms with E-state index in [-0.39, 0.29) is 6.04 Å². The van der Waals surface area contributed by atoms with Crippen LogP contribution in [-0.2, 0) is 6.54 Å². The predicted octanol–water partition coefficient (Wildman–Crippen LogP) is 2.04. The predicted molar refractivity (Wildman–Crippen MR) is 66.5 cm³/mol. The fourth-order valence-electron chi connectivity index (χ4n) is 1.80. The first-order chi connectivity index (χ1) is 8.18. The average Bonchev–Trinajstić information content (AvgIpc) is 2.96. The summed E-state index contributed by atoms with van der Waals surface area (Å²) in [5.41, 5.74) is 1.19. The van der Waals surface area contributed by atoms with Crippen molar-refractivity contribution < 1.29 is 0 Å². The fourth-order valence-corrected chi connectivity index (χ4v) is 1.80. The average molecular weight is 233 g/mol. The summed E-state index contributed by atoms with van der Waals surface area (Å²) in [5, 5.41) is 3.43. The zero-order chi connectivity index (χ0) is 12.3. The van der Waals surface area contributed by atoms with Gasteiger partial charge in [-0.2, -0.15) is 0 Å². The molecule has 5 nitrogen and oxygen atoms in total. The van der Waals surface area contributed by atoms with E-state index in [9.17, 15) is 0 Å². The number of aromatic nitrogens is 4. The van der Waals surface area contributed by atoms with Gasteiger partial charge in [0.15, 0.2) is 0 Å². The van der Waals surface area contributed by atoms with Gasteiger partial charge < -0.3 is 14.9 Å². The summed E-state index contributed by atoms with van der Waals surface area (Å²) in [5.74, 6) is 0.959. The first kappa shape index (κ1) is 11.9. The first-order valence-electron chi connectivity index (χ1n) is 5.92. The van der Waals surface area contributed by atoms with Crippen LogP contribution in [0.3, 0.4) is 0 Å². The summed E-state index contributed by atoms with van der Waals surface area (Å²) in [6.45, 7) is 7.19. The highest BCUT2D eigenvalue weighted by atomic mass is 15.1. The molecule has 2 heterocycles. The van der Waals surface area contributed by atoms with Gasteiger partial charge in [-0.3, -0.25) is 0 Å². The maximum atomic E-state index is 4.23. The molecule has 2 N–H and O–H groups in total. The Hall–Kier alpha value is -1.62. The standard InChI is InChI=1S/C12H19N5/c1-9(2)17-8-13-6-11(17)7-16-10(3)12-14-4-5-15-12/h4-6,8-10,16H,7H2,1-3H3,(H,14,15). The van der Waals surface area contributed by atoms with E-state index in [0.29, 0.717) is 6.04 Å². The van der Waals surface area contributed by atoms with E-state index >= 15 is 0 Å². The first-order valence-corrected chi connectivity index (χ1v) is 5.92. The second kappa shape index (κ2) is 5.14. The van der Waals surface area contributed by atoms with Crippen LogP contribution in [0.4, 0.5) is 0 Å². The topological polar surface area (TPSA) is 58.5 Å². The lowest BCUT2D eigenvalue weighted by atomic mass is 10.3. The van der Waals surface area contributed by atoms with E-state index in [2.05, 4.69) is 45.6 Å². The summed E-state index contributed by atoms with van der Waals surface area (Å²) < 4.78 is 2.17. The summed E-state index contributed by atoms with van der Waals surface area (Å²) in [7, 11) is 0. The van der Waals surface area contributed by atoms with Gasteiger partial charge >= 0.3 is 0 Å². The number of imidazole rings is 2. The SMILES string of the molecule is CC(NCc1cncn1C(C)C)c1ncc[nH]1. The van der Waals surface area contributed by atoms with Crippen LogP contribution in [-0.4, -0.2) is 19.5 Å². The summed E-state index contributed by atoms with van der Waals surface area (Å²) in [6, 6.07) is 0.647. The molecular formula is C12H19N5. The quantitative estimate of drug-likeness (QED) is 0.830. The molecule has 1 atom stereocenters. The van der Waals surface area contributed by atoms with Gasteiger partial charge in [-0.25, -0.2) is 9.97 Å². The monoisotopic (exact) mass is 233 g/mol. The van der Waals surface area contributed by atoms with Crippen LogP contribution in [0.15, 0.2) is 24.9 Å². The molecule has 0 aliphatic carbocycles. The molecule has 0 fully saturated rings. The molecule has 17 heavy (non-hydrogen) atoms. The third-order valence-corrected chi connectivity index (χ3v) is 2.82. The van der Waals surface area contributed by atoms with Crippen molar-refractivity contribution in [3.05, 3.63) is 36.4 Å². The highest BCUT2D eigenvalue weighted by Crippen LogP contribution is 2.11. The molecule has 92 valence electrons. The van der Waals surface area contributed by atoms with E-state index in [1.54, 1.807) is 6.20 Å². The Bertz CT molecular complexity index is 443. The Kier molecular flexibility index (Phi) is 3.58. The Morgan fingerprint density at radius 1 is 1.41 bits per heavy atom. The summed E-state index contributed by atoms with van der Waals surface area (Å²) in [4.78, 5) is 11.5. The molecule has 0 aliphatic heterocycles. The highest BCUT2D eigenvalue weighted by Gasteiger charge is 2.09. The van der Waals surface area contributed by atoms with Crippen LogP contribution in [0, 0.1) is 0 Å². The van der Waals surface area contributed by atoms with Crippen LogP contribution in [0.1, 0.15) is 44.4 Å². The molecule has 5 heteroatoms. The molecule has 0 radical (unpaired) electrons. The summed E-state index contributed by atoms with van der Waals surface area (Å²) in [6.07, 6.45) is 7.39. The van der Waals surface area contributed by atoms with Crippen molar-refractivity contribution in [3.63, 3.8) is 0 Å². The molecule has 0 spiro atoms. The molecular weight excluding hydrogens is 214 g/mol. The second-order valence-electron chi connectivity index (χ2n) is 4.46. The van der Waals surface area contributed by atoms with Gasteiger partial charge in [0, 0.05) is 31.2 Å². The maximum absolute atomic E-state index is 4.23. The van der Waals surface area contributed by atoms with Gasteiger partial charge in [-0.1, -0.05) is 0 Å². The van der Waals surface area contributed by atoms with Crippen LogP contribution in [0.2, 0.25) is 0 Å². The Morgan fingerprint density at radius 3 is 2.88 bits per heavy atom. The Balaban J connectivity index is 1.96. The summed E-state index contributed by atoms with van der Waals surface area (Å²) >= 11 is 0. The molecule has 0 amide bonds. The molecule has 2 rings (SSSR count). The minimum Gasteiger partial charge on any atom is -0.347 e. The smallest absolute Gasteiger partial charge is 0.122 e. The van der Waals surface area contributed by atoms with Gasteiger partial charge in [0.05, 0.1) is 18.1 Å². The lowest BCUT2D eigenvalue weighted by Gasteiger charge is -2.15. The number of nitrogens with zero attached hydrogens (tertiary/aromatic N) is 3. The molecule has 2 aromatic rings. The van der Waals surface area contributed by atoms with Crippen LogP contribution >= 0.6 is 0 Å². The number of hydrogen-bond donors (Lipinski definition) is 2. The Morgan fingerprint density at radius 2 is 2.24 bits per heavy atom. The number of hydrogen-bond acceptors (Lipinski definition) is 3. The van der Waals surface area contributed by atoms with Crippen molar-refractivity contribution in [2.75, 3.05) is 0 Å². The molecule has 1 unspecified atom stereocenters. The van der Waals surface area contributed by atoms with Crippen LogP contribution in [0.5, 0.6) is 0 Å². The van der Waals surface area contributed by atoms with Crippen molar-refractivity contribution in [2.24, 2.45) is 0 Å². The normalized spacial score (nSPS) is 13.2. The number of aromatic amines is 1. The van der Waals surface area contributed by atoms with Gasteiger partial charge in [0.25, 0.3) is 0 Å².